The van der Waals surface area contributed by atoms with Crippen molar-refractivity contribution in [3.05, 3.63) is 34.9 Å². The second-order valence-corrected chi connectivity index (χ2v) is 5.97. The number of hydrogen-bond acceptors (Lipinski definition) is 3. The zero-order valence-electron chi connectivity index (χ0n) is 11.7. The summed E-state index contributed by atoms with van der Waals surface area (Å²) in [5, 5.41) is 8.74. The van der Waals surface area contributed by atoms with Crippen LogP contribution >= 0.6 is 11.8 Å². The van der Waals surface area contributed by atoms with Crippen molar-refractivity contribution in [2.24, 2.45) is 0 Å². The fraction of sp³-hybridized carbons (Fsp3) is 0.438. The molecular weight excluding hydrogens is 270 g/mol. The average molecular weight is 289 g/mol. The van der Waals surface area contributed by atoms with Gasteiger partial charge < -0.3 is 10.0 Å². The van der Waals surface area contributed by atoms with Crippen LogP contribution in [0.4, 0.5) is 0 Å². The largest absolute Gasteiger partial charge is 0.384 e. The number of nitrogens with zero attached hydrogens (tertiary/aromatic N) is 1. The third kappa shape index (κ3) is 3.78. The minimum Gasteiger partial charge on any atom is -0.384 e. The van der Waals surface area contributed by atoms with Gasteiger partial charge in [-0.25, -0.2) is 0 Å². The topological polar surface area (TPSA) is 40.5 Å². The van der Waals surface area contributed by atoms with Crippen LogP contribution in [0.5, 0.6) is 0 Å². The maximum Gasteiger partial charge on any atom is 0.254 e. The van der Waals surface area contributed by atoms with E-state index in [1.54, 1.807) is 0 Å². The molecule has 1 saturated heterocycles. The molecule has 106 valence electrons. The maximum atomic E-state index is 12.6. The van der Waals surface area contributed by atoms with Crippen molar-refractivity contribution in [3.63, 3.8) is 0 Å². The fourth-order valence-electron chi connectivity index (χ4n) is 2.19. The summed E-state index contributed by atoms with van der Waals surface area (Å²) in [5.74, 6) is 7.71. The van der Waals surface area contributed by atoms with E-state index in [4.69, 9.17) is 5.11 Å². The summed E-state index contributed by atoms with van der Waals surface area (Å²) in [6.45, 7) is 3.43. The highest BCUT2D eigenvalue weighted by Crippen LogP contribution is 2.17. The lowest BCUT2D eigenvalue weighted by molar-refractivity contribution is 0.0768. The second-order valence-electron chi connectivity index (χ2n) is 4.75. The van der Waals surface area contributed by atoms with E-state index in [1.807, 2.05) is 41.8 Å². The lowest BCUT2D eigenvalue weighted by Gasteiger charge is -2.21. The summed E-state index contributed by atoms with van der Waals surface area (Å²) in [4.78, 5) is 14.6. The first kappa shape index (κ1) is 15.0. The number of carbonyl (C=O) groups is 1. The molecule has 0 atom stereocenters. The van der Waals surface area contributed by atoms with E-state index in [9.17, 15) is 4.79 Å². The van der Waals surface area contributed by atoms with Crippen LogP contribution in [-0.4, -0.2) is 47.1 Å². The molecule has 1 aromatic carbocycles. The lowest BCUT2D eigenvalue weighted by atomic mass is 10.0. The number of carbonyl (C=O) groups excluding carboxylic acids is 1. The summed E-state index contributed by atoms with van der Waals surface area (Å²) < 4.78 is 0. The predicted molar refractivity (Wildman–Crippen MR) is 83.0 cm³/mol. The molecule has 0 aromatic heterocycles. The molecule has 1 fully saturated rings. The molecule has 0 bridgehead atoms. The molecule has 2 rings (SSSR count). The van der Waals surface area contributed by atoms with Gasteiger partial charge in [-0.15, -0.1) is 0 Å². The summed E-state index contributed by atoms with van der Waals surface area (Å²) in [6, 6.07) is 5.63. The molecule has 3 nitrogen and oxygen atoms in total. The third-order valence-corrected chi connectivity index (χ3v) is 4.34. The predicted octanol–water partition coefficient (Wildman–Crippen LogP) is 1.92. The first-order valence-electron chi connectivity index (χ1n) is 6.80. The summed E-state index contributed by atoms with van der Waals surface area (Å²) >= 11 is 1.91. The van der Waals surface area contributed by atoms with Crippen LogP contribution in [0.3, 0.4) is 0 Å². The summed E-state index contributed by atoms with van der Waals surface area (Å²) in [6.07, 6.45) is 1.06. The van der Waals surface area contributed by atoms with Crippen LogP contribution in [0.15, 0.2) is 18.2 Å². The minimum atomic E-state index is -0.166. The Bertz CT molecular complexity index is 537. The Kier molecular flexibility index (Phi) is 5.51. The smallest absolute Gasteiger partial charge is 0.254 e. The van der Waals surface area contributed by atoms with E-state index in [1.165, 1.54) is 0 Å². The van der Waals surface area contributed by atoms with Crippen LogP contribution in [0.1, 0.15) is 27.9 Å². The Balaban J connectivity index is 2.23. The number of amides is 1. The Morgan fingerprint density at radius 2 is 2.25 bits per heavy atom. The molecule has 20 heavy (non-hydrogen) atoms. The van der Waals surface area contributed by atoms with Gasteiger partial charge in [-0.3, -0.25) is 4.79 Å². The van der Waals surface area contributed by atoms with Crippen molar-refractivity contribution in [2.45, 2.75) is 13.3 Å². The van der Waals surface area contributed by atoms with Gasteiger partial charge in [0.05, 0.1) is 0 Å². The standard InChI is InChI=1S/C16H19NO2S/c1-13-5-6-14(4-2-9-18)12-15(13)16(19)17-7-3-10-20-11-8-17/h5-6,12,18H,3,7-11H2,1H3. The van der Waals surface area contributed by atoms with Crippen molar-refractivity contribution >= 4 is 17.7 Å². The van der Waals surface area contributed by atoms with Gasteiger partial charge in [0.15, 0.2) is 0 Å². The molecule has 0 radical (unpaired) electrons. The second kappa shape index (κ2) is 7.37. The highest BCUT2D eigenvalue weighted by atomic mass is 32.2. The zero-order valence-corrected chi connectivity index (χ0v) is 12.5. The van der Waals surface area contributed by atoms with Crippen LogP contribution < -0.4 is 0 Å². The van der Waals surface area contributed by atoms with E-state index in [0.717, 1.165) is 47.7 Å². The van der Waals surface area contributed by atoms with Crippen LogP contribution in [0.25, 0.3) is 0 Å². The van der Waals surface area contributed by atoms with Crippen LogP contribution in [0.2, 0.25) is 0 Å². The van der Waals surface area contributed by atoms with Crippen molar-refractivity contribution in [3.8, 4) is 11.8 Å². The Morgan fingerprint density at radius 1 is 1.40 bits per heavy atom. The van der Waals surface area contributed by atoms with Crippen molar-refractivity contribution in [2.75, 3.05) is 31.2 Å². The molecule has 1 aliphatic heterocycles. The van der Waals surface area contributed by atoms with E-state index in [2.05, 4.69) is 11.8 Å². The molecule has 1 amide bonds. The van der Waals surface area contributed by atoms with Gasteiger partial charge in [0.2, 0.25) is 0 Å². The molecule has 1 heterocycles. The molecular formula is C16H19NO2S. The molecule has 1 N–H and O–H groups in total. The summed E-state index contributed by atoms with van der Waals surface area (Å²) in [5.41, 5.74) is 2.47. The van der Waals surface area contributed by atoms with Gasteiger partial charge in [0, 0.05) is 30.0 Å². The molecule has 0 unspecified atom stereocenters. The molecule has 1 aliphatic rings. The van der Waals surface area contributed by atoms with Gasteiger partial charge >= 0.3 is 0 Å². The number of aryl methyl sites for hydroxylation is 1. The SMILES string of the molecule is Cc1ccc(C#CCO)cc1C(=O)N1CCCSCC1. The average Bonchev–Trinajstić information content (AvgIpc) is 2.75. The van der Waals surface area contributed by atoms with Crippen molar-refractivity contribution in [1.82, 2.24) is 4.90 Å². The first-order valence-corrected chi connectivity index (χ1v) is 7.95. The van der Waals surface area contributed by atoms with E-state index >= 15 is 0 Å². The monoisotopic (exact) mass is 289 g/mol. The number of thioether (sulfide) groups is 1. The van der Waals surface area contributed by atoms with Gasteiger partial charge in [0.1, 0.15) is 6.61 Å². The van der Waals surface area contributed by atoms with Gasteiger partial charge in [-0.05, 0) is 36.8 Å². The van der Waals surface area contributed by atoms with Crippen LogP contribution in [-0.2, 0) is 0 Å². The van der Waals surface area contributed by atoms with Crippen molar-refractivity contribution in [1.29, 1.82) is 0 Å². The molecule has 0 spiro atoms. The quantitative estimate of drug-likeness (QED) is 0.803. The highest BCUT2D eigenvalue weighted by molar-refractivity contribution is 7.99. The number of hydrogen-bond donors (Lipinski definition) is 1. The van der Waals surface area contributed by atoms with Gasteiger partial charge in [-0.2, -0.15) is 11.8 Å². The zero-order chi connectivity index (χ0) is 14.4. The van der Waals surface area contributed by atoms with E-state index in [0.29, 0.717) is 0 Å². The highest BCUT2D eigenvalue weighted by Gasteiger charge is 2.19. The molecule has 0 saturated carbocycles. The molecule has 1 aromatic rings. The van der Waals surface area contributed by atoms with Crippen molar-refractivity contribution < 1.29 is 9.90 Å². The Hall–Kier alpha value is -1.44. The fourth-order valence-corrected chi connectivity index (χ4v) is 3.08. The number of benzene rings is 1. The van der Waals surface area contributed by atoms with E-state index in [-0.39, 0.29) is 12.5 Å². The Morgan fingerprint density at radius 3 is 3.05 bits per heavy atom. The van der Waals surface area contributed by atoms with Gasteiger partial charge in [-0.1, -0.05) is 17.9 Å². The number of aliphatic hydroxyl groups is 1. The molecule has 4 heteroatoms. The summed E-state index contributed by atoms with van der Waals surface area (Å²) in [7, 11) is 0. The maximum absolute atomic E-state index is 12.6. The first-order chi connectivity index (χ1) is 9.72. The minimum absolute atomic E-state index is 0.0950. The lowest BCUT2D eigenvalue weighted by Crippen LogP contribution is -2.33. The third-order valence-electron chi connectivity index (χ3n) is 3.29. The Labute approximate surface area is 124 Å². The number of rotatable bonds is 1. The number of aliphatic hydroxyl groups excluding tert-OH is 1. The van der Waals surface area contributed by atoms with Crippen LogP contribution in [0, 0.1) is 18.8 Å². The van der Waals surface area contributed by atoms with E-state index < -0.39 is 0 Å². The van der Waals surface area contributed by atoms with Gasteiger partial charge in [0.25, 0.3) is 5.91 Å². The molecule has 0 aliphatic carbocycles. The normalized spacial score (nSPS) is 15.2.